The lowest BCUT2D eigenvalue weighted by Gasteiger charge is -2.10. The van der Waals surface area contributed by atoms with E-state index >= 15 is 0 Å². The Morgan fingerprint density at radius 1 is 0.792 bits per heavy atom. The van der Waals surface area contributed by atoms with Crippen molar-refractivity contribution in [2.24, 2.45) is 0 Å². The van der Waals surface area contributed by atoms with Gasteiger partial charge in [-0.2, -0.15) is 0 Å². The quantitative estimate of drug-likeness (QED) is 0.631. The van der Waals surface area contributed by atoms with E-state index in [1.54, 1.807) is 11.8 Å². The fraction of sp³-hybridized carbons (Fsp3) is 0.0952. The average Bonchev–Trinajstić information content (AvgIpc) is 2.63. The van der Waals surface area contributed by atoms with Gasteiger partial charge in [-0.1, -0.05) is 66.7 Å². The maximum absolute atomic E-state index is 12.3. The van der Waals surface area contributed by atoms with Crippen LogP contribution in [-0.4, -0.2) is 5.91 Å². The third-order valence-corrected chi connectivity index (χ3v) is 4.81. The molecule has 0 saturated carbocycles. The molecule has 0 aromatic heterocycles. The fourth-order valence-corrected chi connectivity index (χ4v) is 3.44. The van der Waals surface area contributed by atoms with Crippen LogP contribution in [0.25, 0.3) is 0 Å². The molecule has 3 aromatic carbocycles. The van der Waals surface area contributed by atoms with Crippen molar-refractivity contribution in [1.29, 1.82) is 0 Å². The Morgan fingerprint density at radius 2 is 1.42 bits per heavy atom. The standard InChI is InChI=1S/C21H19NOS/c23-21(22-19-12-5-2-6-13-19)15-18-11-7-8-14-20(18)24-16-17-9-3-1-4-10-17/h1-14H,15-16H2,(H,22,23). The third-order valence-electron chi connectivity index (χ3n) is 3.62. The normalized spacial score (nSPS) is 10.3. The van der Waals surface area contributed by atoms with E-state index in [0.717, 1.165) is 21.9 Å². The smallest absolute Gasteiger partial charge is 0.228 e. The molecular weight excluding hydrogens is 314 g/mol. The summed E-state index contributed by atoms with van der Waals surface area (Å²) in [5.41, 5.74) is 3.18. The summed E-state index contributed by atoms with van der Waals surface area (Å²) in [6.07, 6.45) is 0.382. The van der Waals surface area contributed by atoms with Gasteiger partial charge in [0, 0.05) is 16.3 Å². The summed E-state index contributed by atoms with van der Waals surface area (Å²) in [4.78, 5) is 13.4. The molecule has 0 spiro atoms. The Morgan fingerprint density at radius 3 is 2.17 bits per heavy atom. The Balaban J connectivity index is 1.64. The number of hydrogen-bond acceptors (Lipinski definition) is 2. The van der Waals surface area contributed by atoms with E-state index in [1.165, 1.54) is 5.56 Å². The number of para-hydroxylation sites is 1. The fourth-order valence-electron chi connectivity index (χ4n) is 2.43. The molecule has 1 amide bonds. The monoisotopic (exact) mass is 333 g/mol. The van der Waals surface area contributed by atoms with E-state index in [0.29, 0.717) is 6.42 Å². The van der Waals surface area contributed by atoms with E-state index < -0.39 is 0 Å². The van der Waals surface area contributed by atoms with Gasteiger partial charge in [-0.25, -0.2) is 0 Å². The van der Waals surface area contributed by atoms with Crippen molar-refractivity contribution < 1.29 is 4.79 Å². The van der Waals surface area contributed by atoms with Gasteiger partial charge < -0.3 is 5.32 Å². The highest BCUT2D eigenvalue weighted by Crippen LogP contribution is 2.26. The molecule has 2 nitrogen and oxygen atoms in total. The molecule has 3 aromatic rings. The van der Waals surface area contributed by atoms with Gasteiger partial charge in [0.25, 0.3) is 0 Å². The van der Waals surface area contributed by atoms with E-state index in [-0.39, 0.29) is 5.91 Å². The topological polar surface area (TPSA) is 29.1 Å². The molecule has 3 rings (SSSR count). The number of benzene rings is 3. The first-order valence-electron chi connectivity index (χ1n) is 7.91. The van der Waals surface area contributed by atoms with Crippen molar-refractivity contribution >= 4 is 23.4 Å². The Hall–Kier alpha value is -2.52. The number of amides is 1. The van der Waals surface area contributed by atoms with Crippen LogP contribution in [0.4, 0.5) is 5.69 Å². The molecule has 0 heterocycles. The van der Waals surface area contributed by atoms with Crippen molar-refractivity contribution in [3.8, 4) is 0 Å². The van der Waals surface area contributed by atoms with Crippen LogP contribution in [-0.2, 0) is 17.0 Å². The molecule has 0 bridgehead atoms. The van der Waals surface area contributed by atoms with Crippen LogP contribution in [0.1, 0.15) is 11.1 Å². The van der Waals surface area contributed by atoms with Crippen LogP contribution in [0.2, 0.25) is 0 Å². The van der Waals surface area contributed by atoms with Gasteiger partial charge in [-0.05, 0) is 29.3 Å². The molecule has 0 unspecified atom stereocenters. The van der Waals surface area contributed by atoms with Crippen LogP contribution >= 0.6 is 11.8 Å². The zero-order chi connectivity index (χ0) is 16.6. The minimum atomic E-state index is 0.00830. The van der Waals surface area contributed by atoms with Crippen molar-refractivity contribution in [3.63, 3.8) is 0 Å². The van der Waals surface area contributed by atoms with Crippen LogP contribution in [0.3, 0.4) is 0 Å². The van der Waals surface area contributed by atoms with Gasteiger partial charge >= 0.3 is 0 Å². The Kier molecular flexibility index (Phi) is 5.70. The van der Waals surface area contributed by atoms with E-state index in [9.17, 15) is 4.79 Å². The zero-order valence-electron chi connectivity index (χ0n) is 13.3. The third kappa shape index (κ3) is 4.74. The summed E-state index contributed by atoms with van der Waals surface area (Å²) in [5.74, 6) is 0.909. The van der Waals surface area contributed by atoms with Crippen LogP contribution < -0.4 is 5.32 Å². The second kappa shape index (κ2) is 8.37. The number of rotatable bonds is 6. The number of nitrogens with one attached hydrogen (secondary N) is 1. The van der Waals surface area contributed by atoms with E-state index in [1.807, 2.05) is 54.6 Å². The first-order valence-corrected chi connectivity index (χ1v) is 8.89. The van der Waals surface area contributed by atoms with E-state index in [2.05, 4.69) is 35.6 Å². The lowest BCUT2D eigenvalue weighted by Crippen LogP contribution is -2.14. The zero-order valence-corrected chi connectivity index (χ0v) is 14.1. The van der Waals surface area contributed by atoms with Gasteiger partial charge in [0.05, 0.1) is 6.42 Å². The first-order chi connectivity index (χ1) is 11.8. The summed E-state index contributed by atoms with van der Waals surface area (Å²) in [7, 11) is 0. The molecule has 0 fully saturated rings. The van der Waals surface area contributed by atoms with Crippen molar-refractivity contribution in [1.82, 2.24) is 0 Å². The van der Waals surface area contributed by atoms with Gasteiger partial charge in [-0.15, -0.1) is 11.8 Å². The predicted molar refractivity (Wildman–Crippen MR) is 101 cm³/mol. The van der Waals surface area contributed by atoms with Crippen molar-refractivity contribution in [3.05, 3.63) is 96.1 Å². The Bertz CT molecular complexity index is 787. The number of carbonyl (C=O) groups is 1. The number of carbonyl (C=O) groups excluding carboxylic acids is 1. The summed E-state index contributed by atoms with van der Waals surface area (Å²) in [6, 6.07) is 28.0. The molecule has 0 saturated heterocycles. The maximum atomic E-state index is 12.3. The van der Waals surface area contributed by atoms with Gasteiger partial charge in [0.15, 0.2) is 0 Å². The molecule has 0 atom stereocenters. The van der Waals surface area contributed by atoms with Gasteiger partial charge in [-0.3, -0.25) is 4.79 Å². The number of hydrogen-bond donors (Lipinski definition) is 1. The number of anilines is 1. The SMILES string of the molecule is O=C(Cc1ccccc1SCc1ccccc1)Nc1ccccc1. The average molecular weight is 333 g/mol. The van der Waals surface area contributed by atoms with Crippen LogP contribution in [0, 0.1) is 0 Å². The highest BCUT2D eigenvalue weighted by Gasteiger charge is 2.08. The minimum absolute atomic E-state index is 0.00830. The molecule has 3 heteroatoms. The molecule has 0 aliphatic heterocycles. The molecule has 120 valence electrons. The highest BCUT2D eigenvalue weighted by molar-refractivity contribution is 7.98. The lowest BCUT2D eigenvalue weighted by molar-refractivity contribution is -0.115. The second-order valence-corrected chi connectivity index (χ2v) is 6.49. The van der Waals surface area contributed by atoms with Crippen molar-refractivity contribution in [2.45, 2.75) is 17.1 Å². The molecule has 24 heavy (non-hydrogen) atoms. The lowest BCUT2D eigenvalue weighted by atomic mass is 10.1. The molecule has 1 N–H and O–H groups in total. The summed E-state index contributed by atoms with van der Waals surface area (Å²) in [5, 5.41) is 2.94. The first kappa shape index (κ1) is 16.3. The summed E-state index contributed by atoms with van der Waals surface area (Å²) < 4.78 is 0. The van der Waals surface area contributed by atoms with Crippen LogP contribution in [0.5, 0.6) is 0 Å². The predicted octanol–water partition coefficient (Wildman–Crippen LogP) is 5.16. The molecule has 0 aliphatic rings. The van der Waals surface area contributed by atoms with E-state index in [4.69, 9.17) is 0 Å². The van der Waals surface area contributed by atoms with Crippen molar-refractivity contribution in [2.75, 3.05) is 5.32 Å². The maximum Gasteiger partial charge on any atom is 0.228 e. The highest BCUT2D eigenvalue weighted by atomic mass is 32.2. The van der Waals surface area contributed by atoms with Crippen LogP contribution in [0.15, 0.2) is 89.8 Å². The van der Waals surface area contributed by atoms with Gasteiger partial charge in [0.1, 0.15) is 0 Å². The molecule has 0 radical (unpaired) electrons. The second-order valence-electron chi connectivity index (χ2n) is 5.47. The largest absolute Gasteiger partial charge is 0.326 e. The molecular formula is C21H19NOS. The summed E-state index contributed by atoms with van der Waals surface area (Å²) in [6.45, 7) is 0. The summed E-state index contributed by atoms with van der Waals surface area (Å²) >= 11 is 1.77. The molecule has 0 aliphatic carbocycles. The minimum Gasteiger partial charge on any atom is -0.326 e. The Labute approximate surface area is 146 Å². The van der Waals surface area contributed by atoms with Gasteiger partial charge in [0.2, 0.25) is 5.91 Å². The number of thioether (sulfide) groups is 1.